The molecule has 0 radical (unpaired) electrons. The number of carbonyl (C=O) groups excluding carboxylic acids is 1. The zero-order valence-electron chi connectivity index (χ0n) is 18.0. The van der Waals surface area contributed by atoms with Gasteiger partial charge in [0.25, 0.3) is 5.91 Å². The molecule has 0 spiro atoms. The molecule has 2 aliphatic heterocycles. The zero-order valence-corrected chi connectivity index (χ0v) is 18.0. The van der Waals surface area contributed by atoms with E-state index < -0.39 is 5.91 Å². The minimum Gasteiger partial charge on any atom is -0.491 e. The second-order valence-electron chi connectivity index (χ2n) is 8.38. The Labute approximate surface area is 186 Å². The third-order valence-corrected chi connectivity index (χ3v) is 6.12. The third kappa shape index (κ3) is 4.42. The van der Waals surface area contributed by atoms with Crippen molar-refractivity contribution in [1.29, 1.82) is 0 Å². The highest BCUT2D eigenvalue weighted by Crippen LogP contribution is 2.34. The number of nitrogens with zero attached hydrogens (tertiary/aromatic N) is 2. The van der Waals surface area contributed by atoms with Crippen molar-refractivity contribution in [2.24, 2.45) is 12.8 Å². The molecule has 168 valence electrons. The van der Waals surface area contributed by atoms with E-state index in [1.165, 1.54) is 0 Å². The topological polar surface area (TPSA) is 97.8 Å². The molecular formula is C24H27N3O5. The van der Waals surface area contributed by atoms with Crippen LogP contribution in [-0.4, -0.2) is 47.2 Å². The number of hydrogen-bond donors (Lipinski definition) is 1. The molecule has 3 heterocycles. The molecule has 0 aliphatic carbocycles. The predicted octanol–water partition coefficient (Wildman–Crippen LogP) is 3.57. The first-order valence-electron chi connectivity index (χ1n) is 11.0. The van der Waals surface area contributed by atoms with Gasteiger partial charge in [-0.3, -0.25) is 9.48 Å². The Hall–Kier alpha value is -3.10. The smallest absolute Gasteiger partial charge is 0.252 e. The Kier molecular flexibility index (Phi) is 5.71. The molecule has 32 heavy (non-hydrogen) atoms. The number of hydrogen-bond acceptors (Lipinski definition) is 6. The van der Waals surface area contributed by atoms with Crippen LogP contribution in [0, 0.1) is 0 Å². The number of aromatic nitrogens is 2. The van der Waals surface area contributed by atoms with Crippen LogP contribution in [0.2, 0.25) is 0 Å². The van der Waals surface area contributed by atoms with Crippen LogP contribution in [0.5, 0.6) is 17.2 Å². The van der Waals surface area contributed by atoms with Gasteiger partial charge < -0.3 is 24.7 Å². The monoisotopic (exact) mass is 437 g/mol. The van der Waals surface area contributed by atoms with E-state index in [1.807, 2.05) is 19.2 Å². The Balaban J connectivity index is 1.17. The van der Waals surface area contributed by atoms with Crippen LogP contribution in [0.3, 0.4) is 0 Å². The van der Waals surface area contributed by atoms with E-state index in [-0.39, 0.29) is 6.10 Å². The summed E-state index contributed by atoms with van der Waals surface area (Å²) >= 11 is 0. The number of aryl methyl sites for hydroxylation is 1. The molecule has 1 aromatic heterocycles. The Bertz CT molecular complexity index is 1100. The van der Waals surface area contributed by atoms with E-state index in [0.29, 0.717) is 42.5 Å². The predicted molar refractivity (Wildman–Crippen MR) is 118 cm³/mol. The van der Waals surface area contributed by atoms with E-state index in [4.69, 9.17) is 24.7 Å². The second kappa shape index (κ2) is 8.80. The lowest BCUT2D eigenvalue weighted by Crippen LogP contribution is -2.31. The summed E-state index contributed by atoms with van der Waals surface area (Å²) in [6.07, 6.45) is 7.01. The Morgan fingerprint density at radius 2 is 1.84 bits per heavy atom. The number of fused-ring (bicyclic) bond motifs is 3. The van der Waals surface area contributed by atoms with Crippen LogP contribution in [0.4, 0.5) is 0 Å². The lowest BCUT2D eigenvalue weighted by Gasteiger charge is -2.28. The van der Waals surface area contributed by atoms with Crippen molar-refractivity contribution in [3.05, 3.63) is 48.2 Å². The van der Waals surface area contributed by atoms with Gasteiger partial charge in [0.1, 0.15) is 23.9 Å². The number of amides is 1. The van der Waals surface area contributed by atoms with Gasteiger partial charge in [-0.2, -0.15) is 5.10 Å². The van der Waals surface area contributed by atoms with Gasteiger partial charge in [-0.1, -0.05) is 0 Å². The van der Waals surface area contributed by atoms with Gasteiger partial charge in [0.2, 0.25) is 0 Å². The summed E-state index contributed by atoms with van der Waals surface area (Å²) in [5.74, 6) is 1.14. The number of ether oxygens (including phenoxy) is 4. The summed E-state index contributed by atoms with van der Waals surface area (Å²) in [6, 6.07) is 10.7. The van der Waals surface area contributed by atoms with Crippen LogP contribution in [0.1, 0.15) is 36.0 Å². The molecule has 2 fully saturated rings. The largest absolute Gasteiger partial charge is 0.491 e. The third-order valence-electron chi connectivity index (χ3n) is 6.12. The molecule has 2 saturated heterocycles. The number of benzene rings is 2. The molecule has 2 aromatic carbocycles. The molecule has 2 atom stereocenters. The van der Waals surface area contributed by atoms with E-state index in [9.17, 15) is 4.79 Å². The van der Waals surface area contributed by atoms with Crippen molar-refractivity contribution in [2.75, 3.05) is 13.2 Å². The number of rotatable bonds is 8. The highest BCUT2D eigenvalue weighted by Gasteiger charge is 2.35. The molecule has 5 rings (SSSR count). The highest BCUT2D eigenvalue weighted by atomic mass is 16.5. The summed E-state index contributed by atoms with van der Waals surface area (Å²) in [4.78, 5) is 11.9. The minimum absolute atomic E-state index is 0.275. The van der Waals surface area contributed by atoms with Crippen molar-refractivity contribution in [3.63, 3.8) is 0 Å². The van der Waals surface area contributed by atoms with Crippen LogP contribution in [0.15, 0.2) is 42.6 Å². The van der Waals surface area contributed by atoms with Crippen molar-refractivity contribution < 1.29 is 23.7 Å². The van der Waals surface area contributed by atoms with Gasteiger partial charge in [-0.25, -0.2) is 0 Å². The fourth-order valence-corrected chi connectivity index (χ4v) is 4.51. The lowest BCUT2D eigenvalue weighted by atomic mass is 10.1. The van der Waals surface area contributed by atoms with Crippen LogP contribution in [0.25, 0.3) is 10.9 Å². The Morgan fingerprint density at radius 1 is 1.12 bits per heavy atom. The van der Waals surface area contributed by atoms with Gasteiger partial charge in [0.15, 0.2) is 0 Å². The quantitative estimate of drug-likeness (QED) is 0.541. The molecular weight excluding hydrogens is 410 g/mol. The van der Waals surface area contributed by atoms with E-state index in [2.05, 4.69) is 5.10 Å². The van der Waals surface area contributed by atoms with Crippen molar-refractivity contribution in [1.82, 2.24) is 9.78 Å². The normalized spacial score (nSPS) is 22.2. The van der Waals surface area contributed by atoms with Gasteiger partial charge in [-0.15, -0.1) is 0 Å². The van der Waals surface area contributed by atoms with Crippen LogP contribution < -0.4 is 15.2 Å². The van der Waals surface area contributed by atoms with Crippen LogP contribution >= 0.6 is 0 Å². The first-order valence-corrected chi connectivity index (χ1v) is 11.0. The lowest BCUT2D eigenvalue weighted by molar-refractivity contribution is -0.0834. The maximum Gasteiger partial charge on any atom is 0.252 e. The summed E-state index contributed by atoms with van der Waals surface area (Å²) in [6.45, 7) is 1.03. The van der Waals surface area contributed by atoms with E-state index >= 15 is 0 Å². The molecule has 2 N–H and O–H groups in total. The molecule has 8 heteroatoms. The average molecular weight is 437 g/mol. The summed E-state index contributed by atoms with van der Waals surface area (Å²) in [7, 11) is 1.83. The van der Waals surface area contributed by atoms with E-state index in [0.717, 1.165) is 42.3 Å². The molecule has 2 bridgehead atoms. The zero-order chi connectivity index (χ0) is 22.1. The minimum atomic E-state index is -0.553. The number of carbonyl (C=O) groups is 1. The molecule has 2 aliphatic rings. The van der Waals surface area contributed by atoms with E-state index in [1.54, 1.807) is 35.1 Å². The number of primary amides is 1. The molecule has 0 saturated carbocycles. The molecule has 1 amide bonds. The second-order valence-corrected chi connectivity index (χ2v) is 8.38. The summed E-state index contributed by atoms with van der Waals surface area (Å²) in [5, 5.41) is 5.03. The summed E-state index contributed by atoms with van der Waals surface area (Å²) < 4.78 is 25.3. The first kappa shape index (κ1) is 20.8. The standard InChI is InChI=1S/C24H27N3O5/c1-27-22-13-23(21(24(25)28)10-15(22)14-26-27)32-17-4-2-16(3-5-17)29-8-9-30-20-11-18-6-7-19(12-20)31-18/h2-5,10,13-14,18-20H,6-9,11-12H2,1H3,(H2,25,28). The SMILES string of the molecule is Cn1ncc2cc(C(N)=O)c(Oc3ccc(OCCOC4CC5CCC(C4)O5)cc3)cc21. The van der Waals surface area contributed by atoms with Crippen LogP contribution in [-0.2, 0) is 16.5 Å². The Morgan fingerprint density at radius 3 is 2.56 bits per heavy atom. The molecule has 3 aromatic rings. The highest BCUT2D eigenvalue weighted by molar-refractivity contribution is 6.00. The van der Waals surface area contributed by atoms with Crippen molar-refractivity contribution in [3.8, 4) is 17.2 Å². The van der Waals surface area contributed by atoms with Gasteiger partial charge in [0, 0.05) is 18.5 Å². The maximum atomic E-state index is 11.9. The fourth-order valence-electron chi connectivity index (χ4n) is 4.51. The van der Waals surface area contributed by atoms with Gasteiger partial charge >= 0.3 is 0 Å². The van der Waals surface area contributed by atoms with Gasteiger partial charge in [0.05, 0.1) is 42.2 Å². The van der Waals surface area contributed by atoms with Gasteiger partial charge in [-0.05, 0) is 56.0 Å². The number of nitrogens with two attached hydrogens (primary N) is 1. The maximum absolute atomic E-state index is 11.9. The first-order chi connectivity index (χ1) is 15.5. The fraction of sp³-hybridized carbons (Fsp3) is 0.417. The van der Waals surface area contributed by atoms with Crippen molar-refractivity contribution in [2.45, 2.75) is 44.0 Å². The molecule has 2 unspecified atom stereocenters. The molecule has 8 nitrogen and oxygen atoms in total. The van der Waals surface area contributed by atoms with Crippen molar-refractivity contribution >= 4 is 16.8 Å². The average Bonchev–Trinajstić information content (AvgIpc) is 3.32. The summed E-state index contributed by atoms with van der Waals surface area (Å²) in [5.41, 5.74) is 6.70.